The van der Waals surface area contributed by atoms with Gasteiger partial charge in [-0.25, -0.2) is 8.78 Å². The molecule has 1 aliphatic rings. The van der Waals surface area contributed by atoms with Gasteiger partial charge in [0.1, 0.15) is 11.6 Å². The molecule has 1 atom stereocenters. The van der Waals surface area contributed by atoms with Crippen molar-refractivity contribution in [3.8, 4) is 0 Å². The van der Waals surface area contributed by atoms with Gasteiger partial charge in [0.05, 0.1) is 0 Å². The van der Waals surface area contributed by atoms with Crippen LogP contribution in [0.5, 0.6) is 0 Å². The second-order valence-electron chi connectivity index (χ2n) is 3.11. The molecule has 1 aromatic rings. The van der Waals surface area contributed by atoms with Gasteiger partial charge in [0.25, 0.3) is 0 Å². The van der Waals surface area contributed by atoms with Crippen LogP contribution >= 0.6 is 12.4 Å². The molecular formula is C9H10ClF2N. The Bertz CT molecular complexity index is 328. The summed E-state index contributed by atoms with van der Waals surface area (Å²) >= 11 is 0. The molecule has 1 aromatic carbocycles. The standard InChI is InChI=1S/C9H9F2N.ClH/c10-6-3-5-1-2-8(12)9(5)7(11)4-6;/h3-4,8H,1-2,12H2;1H/t8-;/m1./s1. The van der Waals surface area contributed by atoms with E-state index in [0.717, 1.165) is 18.1 Å². The van der Waals surface area contributed by atoms with Crippen LogP contribution < -0.4 is 5.73 Å². The fourth-order valence-corrected chi connectivity index (χ4v) is 1.72. The number of rotatable bonds is 0. The van der Waals surface area contributed by atoms with Crippen LogP contribution in [-0.2, 0) is 6.42 Å². The lowest BCUT2D eigenvalue weighted by Crippen LogP contribution is -2.07. The summed E-state index contributed by atoms with van der Waals surface area (Å²) in [6, 6.07) is 2.01. The fourth-order valence-electron chi connectivity index (χ4n) is 1.72. The van der Waals surface area contributed by atoms with Crippen molar-refractivity contribution in [2.75, 3.05) is 0 Å². The molecule has 13 heavy (non-hydrogen) atoms. The Labute approximate surface area is 81.3 Å². The van der Waals surface area contributed by atoms with Crippen molar-refractivity contribution in [3.05, 3.63) is 34.9 Å². The van der Waals surface area contributed by atoms with Crippen LogP contribution in [0.25, 0.3) is 0 Å². The Kier molecular flexibility index (Phi) is 2.88. The zero-order valence-corrected chi connectivity index (χ0v) is 7.70. The third-order valence-electron chi connectivity index (χ3n) is 2.28. The number of hydrogen-bond acceptors (Lipinski definition) is 1. The van der Waals surface area contributed by atoms with E-state index in [2.05, 4.69) is 0 Å². The van der Waals surface area contributed by atoms with Gasteiger partial charge in [-0.15, -0.1) is 12.4 Å². The number of hydrogen-bond donors (Lipinski definition) is 1. The molecule has 0 aromatic heterocycles. The van der Waals surface area contributed by atoms with E-state index >= 15 is 0 Å². The molecule has 2 rings (SSSR count). The lowest BCUT2D eigenvalue weighted by atomic mass is 10.1. The summed E-state index contributed by atoms with van der Waals surface area (Å²) in [5.74, 6) is -1.02. The minimum absolute atomic E-state index is 0. The molecule has 72 valence electrons. The monoisotopic (exact) mass is 205 g/mol. The molecule has 0 aliphatic heterocycles. The first-order valence-corrected chi connectivity index (χ1v) is 3.92. The average Bonchev–Trinajstić information content (AvgIpc) is 2.31. The van der Waals surface area contributed by atoms with Crippen molar-refractivity contribution in [1.82, 2.24) is 0 Å². The van der Waals surface area contributed by atoms with Crippen LogP contribution in [0.1, 0.15) is 23.6 Å². The molecule has 1 nitrogen and oxygen atoms in total. The van der Waals surface area contributed by atoms with Crippen molar-refractivity contribution in [1.29, 1.82) is 0 Å². The Morgan fingerprint density at radius 2 is 2.00 bits per heavy atom. The predicted molar refractivity (Wildman–Crippen MR) is 48.9 cm³/mol. The minimum atomic E-state index is -0.514. The minimum Gasteiger partial charge on any atom is -0.324 e. The lowest BCUT2D eigenvalue weighted by molar-refractivity contribution is 0.562. The van der Waals surface area contributed by atoms with E-state index in [9.17, 15) is 8.78 Å². The van der Waals surface area contributed by atoms with Crippen LogP contribution in [0.15, 0.2) is 12.1 Å². The number of fused-ring (bicyclic) bond motifs is 1. The quantitative estimate of drug-likeness (QED) is 0.691. The first kappa shape index (κ1) is 10.4. The molecule has 0 amide bonds. The summed E-state index contributed by atoms with van der Waals surface area (Å²) in [5, 5.41) is 0. The van der Waals surface area contributed by atoms with E-state index in [1.54, 1.807) is 0 Å². The van der Waals surface area contributed by atoms with Crippen molar-refractivity contribution in [3.63, 3.8) is 0 Å². The molecule has 0 radical (unpaired) electrons. The molecule has 0 saturated carbocycles. The van der Waals surface area contributed by atoms with E-state index in [0.29, 0.717) is 12.0 Å². The largest absolute Gasteiger partial charge is 0.324 e. The van der Waals surface area contributed by atoms with Gasteiger partial charge in [0.2, 0.25) is 0 Å². The highest BCUT2D eigenvalue weighted by Crippen LogP contribution is 2.31. The van der Waals surface area contributed by atoms with E-state index < -0.39 is 11.6 Å². The molecule has 0 saturated heterocycles. The predicted octanol–water partition coefficient (Wildman–Crippen LogP) is 2.33. The Hall–Kier alpha value is -0.670. The van der Waals surface area contributed by atoms with Gasteiger partial charge in [-0.2, -0.15) is 0 Å². The van der Waals surface area contributed by atoms with Crippen molar-refractivity contribution in [2.45, 2.75) is 18.9 Å². The van der Waals surface area contributed by atoms with Crippen LogP contribution in [-0.4, -0.2) is 0 Å². The average molecular weight is 206 g/mol. The first-order chi connectivity index (χ1) is 5.68. The van der Waals surface area contributed by atoms with E-state index in [-0.39, 0.29) is 18.4 Å². The Morgan fingerprint density at radius 1 is 1.31 bits per heavy atom. The van der Waals surface area contributed by atoms with Crippen molar-refractivity contribution in [2.24, 2.45) is 5.73 Å². The zero-order chi connectivity index (χ0) is 8.72. The van der Waals surface area contributed by atoms with Crippen LogP contribution in [0, 0.1) is 11.6 Å². The fraction of sp³-hybridized carbons (Fsp3) is 0.333. The van der Waals surface area contributed by atoms with Crippen LogP contribution in [0.3, 0.4) is 0 Å². The number of halogens is 3. The molecule has 4 heteroatoms. The summed E-state index contributed by atoms with van der Waals surface area (Å²) in [7, 11) is 0. The molecule has 0 spiro atoms. The maximum absolute atomic E-state index is 13.1. The molecule has 2 N–H and O–H groups in total. The molecule has 0 heterocycles. The highest BCUT2D eigenvalue weighted by atomic mass is 35.5. The highest BCUT2D eigenvalue weighted by Gasteiger charge is 2.23. The van der Waals surface area contributed by atoms with E-state index in [1.807, 2.05) is 0 Å². The third-order valence-corrected chi connectivity index (χ3v) is 2.28. The van der Waals surface area contributed by atoms with Crippen LogP contribution in [0.4, 0.5) is 8.78 Å². The summed E-state index contributed by atoms with van der Waals surface area (Å²) < 4.78 is 25.8. The smallest absolute Gasteiger partial charge is 0.131 e. The number of benzene rings is 1. The van der Waals surface area contributed by atoms with E-state index in [1.165, 1.54) is 6.07 Å². The summed E-state index contributed by atoms with van der Waals surface area (Å²) in [6.07, 6.45) is 1.40. The molecule has 0 bridgehead atoms. The van der Waals surface area contributed by atoms with Crippen molar-refractivity contribution < 1.29 is 8.78 Å². The SMILES string of the molecule is Cl.N[C@@H]1CCc2cc(F)cc(F)c21. The number of aryl methyl sites for hydroxylation is 1. The zero-order valence-electron chi connectivity index (χ0n) is 6.89. The van der Waals surface area contributed by atoms with Crippen LogP contribution in [0.2, 0.25) is 0 Å². The van der Waals surface area contributed by atoms with Gasteiger partial charge in [0.15, 0.2) is 0 Å². The third kappa shape index (κ3) is 1.67. The maximum Gasteiger partial charge on any atom is 0.131 e. The van der Waals surface area contributed by atoms with Gasteiger partial charge in [-0.1, -0.05) is 0 Å². The lowest BCUT2D eigenvalue weighted by Gasteiger charge is -2.05. The Balaban J connectivity index is 0.000000845. The second kappa shape index (κ2) is 3.60. The van der Waals surface area contributed by atoms with E-state index in [4.69, 9.17) is 5.73 Å². The topological polar surface area (TPSA) is 26.0 Å². The summed E-state index contributed by atoms with van der Waals surface area (Å²) in [6.45, 7) is 0. The molecular weight excluding hydrogens is 196 g/mol. The van der Waals surface area contributed by atoms with Gasteiger partial charge in [0, 0.05) is 17.7 Å². The number of nitrogens with two attached hydrogens (primary N) is 1. The normalized spacial score (nSPS) is 19.5. The molecule has 0 unspecified atom stereocenters. The molecule has 1 aliphatic carbocycles. The van der Waals surface area contributed by atoms with Gasteiger partial charge < -0.3 is 5.73 Å². The first-order valence-electron chi connectivity index (χ1n) is 3.92. The second-order valence-corrected chi connectivity index (χ2v) is 3.11. The van der Waals surface area contributed by atoms with Gasteiger partial charge in [-0.3, -0.25) is 0 Å². The highest BCUT2D eigenvalue weighted by molar-refractivity contribution is 5.85. The van der Waals surface area contributed by atoms with Crippen molar-refractivity contribution >= 4 is 12.4 Å². The maximum atomic E-state index is 13.1. The summed E-state index contributed by atoms with van der Waals surface area (Å²) in [5.41, 5.74) is 6.85. The van der Waals surface area contributed by atoms with Gasteiger partial charge in [-0.05, 0) is 24.5 Å². The Morgan fingerprint density at radius 3 is 2.69 bits per heavy atom. The van der Waals surface area contributed by atoms with Gasteiger partial charge >= 0.3 is 0 Å². The summed E-state index contributed by atoms with van der Waals surface area (Å²) in [4.78, 5) is 0. The molecule has 0 fully saturated rings.